The van der Waals surface area contributed by atoms with Crippen molar-refractivity contribution in [2.45, 2.75) is 46.1 Å². The minimum Gasteiger partial charge on any atom is -0.299 e. The molecule has 0 amide bonds. The standard InChI is InChI=1S/C22H31N3/c1-3-5-15-25(16-6-4-2)19-21-12-10-11-20(17-21)18-23-24-22-13-8-7-9-14-22/h7-14,17-18,24H,3-6,15-16,19H2,1-2H3. The number of hydrogen-bond acceptors (Lipinski definition) is 3. The van der Waals surface area contributed by atoms with E-state index in [9.17, 15) is 0 Å². The number of rotatable bonds is 11. The SMILES string of the molecule is CCCCN(CCCC)Cc1cccc(C=NNc2ccccc2)c1. The summed E-state index contributed by atoms with van der Waals surface area (Å²) in [5, 5.41) is 4.34. The van der Waals surface area contributed by atoms with Gasteiger partial charge < -0.3 is 0 Å². The van der Waals surface area contributed by atoms with E-state index >= 15 is 0 Å². The van der Waals surface area contributed by atoms with Crippen LogP contribution in [0.1, 0.15) is 50.7 Å². The van der Waals surface area contributed by atoms with Gasteiger partial charge in [0.25, 0.3) is 0 Å². The molecule has 1 N–H and O–H groups in total. The van der Waals surface area contributed by atoms with Gasteiger partial charge in [-0.25, -0.2) is 0 Å². The Labute approximate surface area is 152 Å². The van der Waals surface area contributed by atoms with E-state index in [1.807, 2.05) is 36.5 Å². The van der Waals surface area contributed by atoms with E-state index in [1.54, 1.807) is 0 Å². The van der Waals surface area contributed by atoms with Gasteiger partial charge in [-0.15, -0.1) is 0 Å². The van der Waals surface area contributed by atoms with Crippen LogP contribution in [0, 0.1) is 0 Å². The van der Waals surface area contributed by atoms with Crippen molar-refractivity contribution in [1.29, 1.82) is 0 Å². The summed E-state index contributed by atoms with van der Waals surface area (Å²) in [5.41, 5.74) is 6.56. The summed E-state index contributed by atoms with van der Waals surface area (Å²) in [4.78, 5) is 2.57. The van der Waals surface area contributed by atoms with Gasteiger partial charge in [0.1, 0.15) is 0 Å². The fourth-order valence-corrected chi connectivity index (χ4v) is 2.76. The molecule has 0 fully saturated rings. The molecule has 134 valence electrons. The predicted molar refractivity (Wildman–Crippen MR) is 109 cm³/mol. The van der Waals surface area contributed by atoms with Crippen molar-refractivity contribution in [2.75, 3.05) is 18.5 Å². The fraction of sp³-hybridized carbons (Fsp3) is 0.409. The summed E-state index contributed by atoms with van der Waals surface area (Å²) in [5.74, 6) is 0. The van der Waals surface area contributed by atoms with Crippen molar-refractivity contribution in [3.05, 3.63) is 65.7 Å². The Bertz CT molecular complexity index is 614. The Morgan fingerprint density at radius 1 is 0.920 bits per heavy atom. The van der Waals surface area contributed by atoms with E-state index in [0.717, 1.165) is 17.8 Å². The van der Waals surface area contributed by atoms with Gasteiger partial charge in [0.05, 0.1) is 11.9 Å². The van der Waals surface area contributed by atoms with Crippen LogP contribution < -0.4 is 5.43 Å². The number of nitrogens with one attached hydrogen (secondary N) is 1. The van der Waals surface area contributed by atoms with Gasteiger partial charge >= 0.3 is 0 Å². The molecule has 0 saturated heterocycles. The zero-order valence-corrected chi connectivity index (χ0v) is 15.6. The first-order valence-corrected chi connectivity index (χ1v) is 9.47. The number of hydrogen-bond donors (Lipinski definition) is 1. The van der Waals surface area contributed by atoms with Gasteiger partial charge in [-0.3, -0.25) is 10.3 Å². The molecule has 2 rings (SSSR count). The van der Waals surface area contributed by atoms with E-state index < -0.39 is 0 Å². The third-order valence-corrected chi connectivity index (χ3v) is 4.19. The van der Waals surface area contributed by atoms with E-state index in [-0.39, 0.29) is 0 Å². The van der Waals surface area contributed by atoms with Crippen LogP contribution in [-0.4, -0.2) is 24.2 Å². The minimum absolute atomic E-state index is 1.00. The summed E-state index contributed by atoms with van der Waals surface area (Å²) in [6.07, 6.45) is 6.93. The number of benzene rings is 2. The number of para-hydroxylation sites is 1. The molecule has 3 nitrogen and oxygen atoms in total. The molecule has 25 heavy (non-hydrogen) atoms. The average Bonchev–Trinajstić information content (AvgIpc) is 2.65. The zero-order valence-electron chi connectivity index (χ0n) is 15.6. The maximum absolute atomic E-state index is 4.34. The van der Waals surface area contributed by atoms with E-state index in [2.05, 4.69) is 53.5 Å². The summed E-state index contributed by atoms with van der Waals surface area (Å²) in [7, 11) is 0. The highest BCUT2D eigenvalue weighted by Crippen LogP contribution is 2.10. The van der Waals surface area contributed by atoms with Crippen molar-refractivity contribution in [3.63, 3.8) is 0 Å². The molecule has 2 aromatic rings. The molecule has 0 spiro atoms. The number of unbranched alkanes of at least 4 members (excludes halogenated alkanes) is 2. The van der Waals surface area contributed by atoms with Gasteiger partial charge in [0.2, 0.25) is 0 Å². The smallest absolute Gasteiger partial charge is 0.0561 e. The van der Waals surface area contributed by atoms with Crippen LogP contribution in [0.25, 0.3) is 0 Å². The predicted octanol–water partition coefficient (Wildman–Crippen LogP) is 5.53. The molecule has 0 heterocycles. The van der Waals surface area contributed by atoms with E-state index in [4.69, 9.17) is 0 Å². The normalized spacial score (nSPS) is 11.3. The third kappa shape index (κ3) is 7.53. The monoisotopic (exact) mass is 337 g/mol. The van der Waals surface area contributed by atoms with Crippen molar-refractivity contribution >= 4 is 11.9 Å². The molecule has 0 bridgehead atoms. The average molecular weight is 338 g/mol. The van der Waals surface area contributed by atoms with Crippen molar-refractivity contribution in [3.8, 4) is 0 Å². The molecule has 0 aliphatic rings. The topological polar surface area (TPSA) is 27.6 Å². The highest BCUT2D eigenvalue weighted by molar-refractivity contribution is 5.80. The second-order valence-electron chi connectivity index (χ2n) is 6.46. The molecule has 0 aliphatic carbocycles. The highest BCUT2D eigenvalue weighted by atomic mass is 15.3. The second kappa shape index (κ2) is 11.4. The van der Waals surface area contributed by atoms with Gasteiger partial charge in [0, 0.05) is 6.54 Å². The lowest BCUT2D eigenvalue weighted by Gasteiger charge is -2.22. The van der Waals surface area contributed by atoms with Crippen LogP contribution in [-0.2, 0) is 6.54 Å². The zero-order chi connectivity index (χ0) is 17.7. The summed E-state index contributed by atoms with van der Waals surface area (Å²) < 4.78 is 0. The van der Waals surface area contributed by atoms with Gasteiger partial charge in [-0.1, -0.05) is 63.1 Å². The lowest BCUT2D eigenvalue weighted by Crippen LogP contribution is -2.25. The number of hydrazone groups is 1. The first-order chi connectivity index (χ1) is 12.3. The Kier molecular flexibility index (Phi) is 8.78. The maximum Gasteiger partial charge on any atom is 0.0561 e. The van der Waals surface area contributed by atoms with E-state index in [1.165, 1.54) is 44.3 Å². The van der Waals surface area contributed by atoms with Crippen LogP contribution in [0.4, 0.5) is 5.69 Å². The van der Waals surface area contributed by atoms with Crippen molar-refractivity contribution in [1.82, 2.24) is 4.90 Å². The molecule has 0 aromatic heterocycles. The van der Waals surface area contributed by atoms with Gasteiger partial charge in [-0.05, 0) is 55.3 Å². The molecule has 0 radical (unpaired) electrons. The molecule has 0 saturated carbocycles. The molecule has 0 aliphatic heterocycles. The molecule has 2 aromatic carbocycles. The molecule has 3 heteroatoms. The number of nitrogens with zero attached hydrogens (tertiary/aromatic N) is 2. The number of anilines is 1. The molecule has 0 unspecified atom stereocenters. The first-order valence-electron chi connectivity index (χ1n) is 9.47. The summed E-state index contributed by atoms with van der Waals surface area (Å²) in [6.45, 7) is 7.91. The largest absolute Gasteiger partial charge is 0.299 e. The Balaban J connectivity index is 1.94. The first kappa shape index (κ1) is 19.2. The molecular weight excluding hydrogens is 306 g/mol. The maximum atomic E-state index is 4.34. The van der Waals surface area contributed by atoms with Crippen molar-refractivity contribution in [2.24, 2.45) is 5.10 Å². The summed E-state index contributed by atoms with van der Waals surface area (Å²) >= 11 is 0. The third-order valence-electron chi connectivity index (χ3n) is 4.19. The van der Waals surface area contributed by atoms with Crippen molar-refractivity contribution < 1.29 is 0 Å². The van der Waals surface area contributed by atoms with Crippen LogP contribution in [0.3, 0.4) is 0 Å². The van der Waals surface area contributed by atoms with Crippen LogP contribution in [0.15, 0.2) is 59.7 Å². The van der Waals surface area contributed by atoms with Crippen LogP contribution >= 0.6 is 0 Å². The fourth-order valence-electron chi connectivity index (χ4n) is 2.76. The van der Waals surface area contributed by atoms with E-state index in [0.29, 0.717) is 0 Å². The lowest BCUT2D eigenvalue weighted by molar-refractivity contribution is 0.257. The molecular formula is C22H31N3. The Hall–Kier alpha value is -2.13. The highest BCUT2D eigenvalue weighted by Gasteiger charge is 2.05. The lowest BCUT2D eigenvalue weighted by atomic mass is 10.1. The van der Waals surface area contributed by atoms with Gasteiger partial charge in [-0.2, -0.15) is 5.10 Å². The minimum atomic E-state index is 1.00. The quantitative estimate of drug-likeness (QED) is 0.431. The molecule has 0 atom stereocenters. The van der Waals surface area contributed by atoms with Crippen LogP contribution in [0.5, 0.6) is 0 Å². The summed E-state index contributed by atoms with van der Waals surface area (Å²) in [6, 6.07) is 18.7. The Morgan fingerprint density at radius 2 is 1.64 bits per heavy atom. The van der Waals surface area contributed by atoms with Gasteiger partial charge in [0.15, 0.2) is 0 Å². The second-order valence-corrected chi connectivity index (χ2v) is 6.46. The Morgan fingerprint density at radius 3 is 2.32 bits per heavy atom. The van der Waals surface area contributed by atoms with Crippen LogP contribution in [0.2, 0.25) is 0 Å².